The third-order valence-corrected chi connectivity index (χ3v) is 6.35. The SMILES string of the molecule is Cc1cccc(Oc2cccc(C)c2NSc2ccccc2)c1NSc1ccccc1. The van der Waals surface area contributed by atoms with Crippen molar-refractivity contribution in [2.75, 3.05) is 9.44 Å². The van der Waals surface area contributed by atoms with E-state index in [9.17, 15) is 0 Å². The molecule has 4 aromatic carbocycles. The number of benzene rings is 4. The lowest BCUT2D eigenvalue weighted by Crippen LogP contribution is -1.98. The molecule has 0 atom stereocenters. The number of rotatable bonds is 8. The zero-order valence-electron chi connectivity index (χ0n) is 17.5. The molecule has 5 heteroatoms. The molecule has 0 amide bonds. The summed E-state index contributed by atoms with van der Waals surface area (Å²) in [5.74, 6) is 1.59. The fraction of sp³-hybridized carbons (Fsp3) is 0.0769. The van der Waals surface area contributed by atoms with Gasteiger partial charge in [-0.15, -0.1) is 0 Å². The molecule has 2 N–H and O–H groups in total. The molecule has 0 aliphatic heterocycles. The van der Waals surface area contributed by atoms with Crippen LogP contribution in [0.3, 0.4) is 0 Å². The van der Waals surface area contributed by atoms with Crippen molar-refractivity contribution in [2.24, 2.45) is 0 Å². The molecule has 4 rings (SSSR count). The zero-order valence-corrected chi connectivity index (χ0v) is 19.1. The molecular weight excluding hydrogens is 420 g/mol. The van der Waals surface area contributed by atoms with Gasteiger partial charge in [-0.25, -0.2) is 0 Å². The molecule has 0 aromatic heterocycles. The van der Waals surface area contributed by atoms with Gasteiger partial charge < -0.3 is 14.2 Å². The van der Waals surface area contributed by atoms with E-state index in [4.69, 9.17) is 4.74 Å². The Kier molecular flexibility index (Phi) is 7.07. The average Bonchev–Trinajstić information content (AvgIpc) is 2.80. The van der Waals surface area contributed by atoms with Crippen LogP contribution in [-0.4, -0.2) is 0 Å². The van der Waals surface area contributed by atoms with Crippen molar-refractivity contribution in [1.82, 2.24) is 0 Å². The predicted molar refractivity (Wildman–Crippen MR) is 134 cm³/mol. The molecule has 156 valence electrons. The van der Waals surface area contributed by atoms with Crippen molar-refractivity contribution in [3.8, 4) is 11.5 Å². The maximum Gasteiger partial charge on any atom is 0.151 e. The number of hydrogen-bond donors (Lipinski definition) is 2. The Bertz CT molecular complexity index is 1040. The minimum Gasteiger partial charge on any atom is -0.453 e. The minimum absolute atomic E-state index is 0.793. The molecule has 4 aromatic rings. The molecule has 0 saturated carbocycles. The van der Waals surface area contributed by atoms with Crippen LogP contribution in [0.2, 0.25) is 0 Å². The van der Waals surface area contributed by atoms with Crippen molar-refractivity contribution in [3.63, 3.8) is 0 Å². The fourth-order valence-corrected chi connectivity index (χ4v) is 4.58. The fourth-order valence-electron chi connectivity index (χ4n) is 3.03. The van der Waals surface area contributed by atoms with Crippen LogP contribution < -0.4 is 14.2 Å². The lowest BCUT2D eigenvalue weighted by Gasteiger charge is -2.18. The van der Waals surface area contributed by atoms with E-state index >= 15 is 0 Å². The minimum atomic E-state index is 0.793. The summed E-state index contributed by atoms with van der Waals surface area (Å²) in [4.78, 5) is 2.29. The van der Waals surface area contributed by atoms with Gasteiger partial charge >= 0.3 is 0 Å². The number of hydrogen-bond acceptors (Lipinski definition) is 5. The lowest BCUT2D eigenvalue weighted by atomic mass is 10.1. The molecule has 31 heavy (non-hydrogen) atoms. The molecule has 0 fully saturated rings. The molecule has 0 aliphatic rings. The summed E-state index contributed by atoms with van der Waals surface area (Å²) >= 11 is 3.16. The zero-order chi connectivity index (χ0) is 21.5. The van der Waals surface area contributed by atoms with Crippen LogP contribution in [0.5, 0.6) is 11.5 Å². The Labute approximate surface area is 192 Å². The number of nitrogens with one attached hydrogen (secondary N) is 2. The van der Waals surface area contributed by atoms with E-state index in [1.54, 1.807) is 23.9 Å². The summed E-state index contributed by atoms with van der Waals surface area (Å²) in [6.07, 6.45) is 0. The largest absolute Gasteiger partial charge is 0.453 e. The second kappa shape index (κ2) is 10.3. The second-order valence-electron chi connectivity index (χ2n) is 7.03. The molecule has 0 radical (unpaired) electrons. The van der Waals surface area contributed by atoms with Crippen LogP contribution >= 0.6 is 23.9 Å². The molecule has 0 aliphatic carbocycles. The van der Waals surface area contributed by atoms with Gasteiger partial charge in [-0.2, -0.15) is 0 Å². The summed E-state index contributed by atoms with van der Waals surface area (Å²) in [6, 6.07) is 32.7. The number of aryl methyl sites for hydroxylation is 2. The van der Waals surface area contributed by atoms with Gasteiger partial charge in [-0.3, -0.25) is 0 Å². The van der Waals surface area contributed by atoms with Crippen molar-refractivity contribution in [3.05, 3.63) is 108 Å². The first-order valence-corrected chi connectivity index (χ1v) is 11.7. The lowest BCUT2D eigenvalue weighted by molar-refractivity contribution is 0.487. The molecule has 0 heterocycles. The highest BCUT2D eigenvalue weighted by molar-refractivity contribution is 8.00. The van der Waals surface area contributed by atoms with E-state index in [-0.39, 0.29) is 0 Å². The number of para-hydroxylation sites is 2. The summed E-state index contributed by atoms with van der Waals surface area (Å²) in [7, 11) is 0. The quantitative estimate of drug-likeness (QED) is 0.267. The summed E-state index contributed by atoms with van der Waals surface area (Å²) in [5, 5.41) is 0. The molecule has 0 saturated heterocycles. The smallest absolute Gasteiger partial charge is 0.151 e. The van der Waals surface area contributed by atoms with Crippen LogP contribution in [0.1, 0.15) is 11.1 Å². The predicted octanol–water partition coefficient (Wildman–Crippen LogP) is 8.33. The second-order valence-corrected chi connectivity index (χ2v) is 8.79. The maximum atomic E-state index is 6.43. The summed E-state index contributed by atoms with van der Waals surface area (Å²) in [6.45, 7) is 4.17. The number of anilines is 2. The van der Waals surface area contributed by atoms with Crippen LogP contribution in [-0.2, 0) is 0 Å². The molecule has 0 spiro atoms. The highest BCUT2D eigenvalue weighted by Gasteiger charge is 2.13. The molecule has 3 nitrogen and oxygen atoms in total. The normalized spacial score (nSPS) is 10.5. The van der Waals surface area contributed by atoms with Gasteiger partial charge in [0.15, 0.2) is 11.5 Å². The van der Waals surface area contributed by atoms with E-state index < -0.39 is 0 Å². The maximum absolute atomic E-state index is 6.43. The van der Waals surface area contributed by atoms with Crippen LogP contribution in [0.15, 0.2) is 107 Å². The van der Waals surface area contributed by atoms with E-state index in [1.807, 2.05) is 60.7 Å². The Morgan fingerprint density at radius 3 is 1.35 bits per heavy atom. The first-order chi connectivity index (χ1) is 15.2. The Balaban J connectivity index is 1.56. The van der Waals surface area contributed by atoms with Crippen LogP contribution in [0, 0.1) is 13.8 Å². The Morgan fingerprint density at radius 2 is 0.935 bits per heavy atom. The summed E-state index contributed by atoms with van der Waals surface area (Å²) < 4.78 is 13.4. The van der Waals surface area contributed by atoms with E-state index in [1.165, 1.54) is 0 Å². The van der Waals surface area contributed by atoms with Gasteiger partial charge in [0.25, 0.3) is 0 Å². The van der Waals surface area contributed by atoms with Gasteiger partial charge in [-0.1, -0.05) is 60.7 Å². The van der Waals surface area contributed by atoms with Crippen molar-refractivity contribution in [2.45, 2.75) is 23.6 Å². The van der Waals surface area contributed by atoms with E-state index in [2.05, 4.69) is 59.7 Å². The first kappa shape index (κ1) is 21.2. The topological polar surface area (TPSA) is 33.3 Å². The van der Waals surface area contributed by atoms with Crippen LogP contribution in [0.4, 0.5) is 11.4 Å². The first-order valence-electron chi connectivity index (χ1n) is 10.0. The molecular formula is C26H24N2OS2. The third-order valence-electron chi connectivity index (χ3n) is 4.72. The summed E-state index contributed by atoms with van der Waals surface area (Å²) in [5.41, 5.74) is 4.20. The van der Waals surface area contributed by atoms with Gasteiger partial charge in [0.2, 0.25) is 0 Å². The number of ether oxygens (including phenoxy) is 1. The van der Waals surface area contributed by atoms with Gasteiger partial charge in [0.05, 0.1) is 11.4 Å². The standard InChI is InChI=1S/C26H24N2OS2/c1-19-11-9-17-23(25(19)27-30-21-13-5-3-6-14-21)29-24-18-10-12-20(2)26(24)28-31-22-15-7-4-8-16-22/h3-18,27-28H,1-2H3. The monoisotopic (exact) mass is 444 g/mol. The average molecular weight is 445 g/mol. The highest BCUT2D eigenvalue weighted by atomic mass is 32.2. The molecule has 0 unspecified atom stereocenters. The van der Waals surface area contributed by atoms with Crippen molar-refractivity contribution in [1.29, 1.82) is 0 Å². The van der Waals surface area contributed by atoms with E-state index in [0.29, 0.717) is 0 Å². The van der Waals surface area contributed by atoms with Gasteiger partial charge in [0, 0.05) is 9.79 Å². The Hall–Kier alpha value is -3.02. The van der Waals surface area contributed by atoms with Gasteiger partial charge in [-0.05, 0) is 85.3 Å². The van der Waals surface area contributed by atoms with Crippen molar-refractivity contribution >= 4 is 35.3 Å². The van der Waals surface area contributed by atoms with Gasteiger partial charge in [0.1, 0.15) is 0 Å². The Morgan fingerprint density at radius 1 is 0.516 bits per heavy atom. The van der Waals surface area contributed by atoms with E-state index in [0.717, 1.165) is 43.8 Å². The molecule has 0 bridgehead atoms. The third kappa shape index (κ3) is 5.57. The van der Waals surface area contributed by atoms with Crippen molar-refractivity contribution < 1.29 is 4.74 Å². The highest BCUT2D eigenvalue weighted by Crippen LogP contribution is 2.40. The van der Waals surface area contributed by atoms with Crippen LogP contribution in [0.25, 0.3) is 0 Å².